The molecule has 0 aliphatic heterocycles. The second kappa shape index (κ2) is 5.85. The number of hydrogen-bond acceptors (Lipinski definition) is 3. The Morgan fingerprint density at radius 2 is 2.28 bits per heavy atom. The highest BCUT2D eigenvalue weighted by molar-refractivity contribution is 5.92. The van der Waals surface area contributed by atoms with E-state index in [0.717, 1.165) is 12.3 Å². The van der Waals surface area contributed by atoms with E-state index in [-0.39, 0.29) is 5.91 Å². The smallest absolute Gasteiger partial charge is 0.228 e. The number of rotatable bonds is 5. The monoisotopic (exact) mass is 247 g/mol. The van der Waals surface area contributed by atoms with E-state index in [0.29, 0.717) is 24.5 Å². The van der Waals surface area contributed by atoms with Crippen LogP contribution in [0.3, 0.4) is 0 Å². The van der Waals surface area contributed by atoms with E-state index >= 15 is 0 Å². The van der Waals surface area contributed by atoms with Crippen LogP contribution in [0, 0.1) is 5.92 Å². The third-order valence-corrected chi connectivity index (χ3v) is 3.66. The predicted molar refractivity (Wildman–Crippen MR) is 73.3 cm³/mol. The molecular formula is C14H21N3O. The van der Waals surface area contributed by atoms with Crippen molar-refractivity contribution in [3.8, 4) is 0 Å². The average molecular weight is 247 g/mol. The van der Waals surface area contributed by atoms with Crippen molar-refractivity contribution < 1.29 is 4.79 Å². The number of nitrogens with zero attached hydrogens (tertiary/aromatic N) is 2. The van der Waals surface area contributed by atoms with Crippen molar-refractivity contribution in [1.29, 1.82) is 0 Å². The number of anilines is 2. The third kappa shape index (κ3) is 3.00. The van der Waals surface area contributed by atoms with Gasteiger partial charge in [0.05, 0.1) is 11.9 Å². The van der Waals surface area contributed by atoms with Gasteiger partial charge in [0.15, 0.2) is 0 Å². The Morgan fingerprint density at radius 3 is 2.78 bits per heavy atom. The first-order valence-corrected chi connectivity index (χ1v) is 6.72. The van der Waals surface area contributed by atoms with Crippen LogP contribution in [0.15, 0.2) is 18.3 Å². The second-order valence-corrected chi connectivity index (χ2v) is 4.92. The lowest BCUT2D eigenvalue weighted by molar-refractivity contribution is -0.119. The molecule has 98 valence electrons. The first-order chi connectivity index (χ1) is 8.70. The van der Waals surface area contributed by atoms with Gasteiger partial charge < -0.3 is 5.73 Å². The fourth-order valence-electron chi connectivity index (χ4n) is 2.27. The molecule has 18 heavy (non-hydrogen) atoms. The molecule has 1 heterocycles. The number of carbonyl (C=O) groups excluding carboxylic acids is 1. The topological polar surface area (TPSA) is 59.2 Å². The van der Waals surface area contributed by atoms with Crippen LogP contribution in [0.4, 0.5) is 11.5 Å². The van der Waals surface area contributed by atoms with Gasteiger partial charge in [-0.2, -0.15) is 0 Å². The fourth-order valence-corrected chi connectivity index (χ4v) is 2.27. The van der Waals surface area contributed by atoms with Crippen molar-refractivity contribution in [3.05, 3.63) is 18.3 Å². The minimum atomic E-state index is 0.168. The first kappa shape index (κ1) is 12.9. The summed E-state index contributed by atoms with van der Waals surface area (Å²) in [4.78, 5) is 18.1. The molecule has 0 radical (unpaired) electrons. The van der Waals surface area contributed by atoms with Gasteiger partial charge in [0.25, 0.3) is 0 Å². The molecule has 0 spiro atoms. The minimum absolute atomic E-state index is 0.168. The third-order valence-electron chi connectivity index (χ3n) is 3.66. The molecule has 1 aromatic rings. The van der Waals surface area contributed by atoms with Gasteiger partial charge in [-0.15, -0.1) is 0 Å². The van der Waals surface area contributed by atoms with Gasteiger partial charge in [-0.3, -0.25) is 9.69 Å². The zero-order valence-corrected chi connectivity index (χ0v) is 10.9. The van der Waals surface area contributed by atoms with E-state index in [2.05, 4.69) is 4.98 Å². The predicted octanol–water partition coefficient (Wildman–Crippen LogP) is 2.60. The summed E-state index contributed by atoms with van der Waals surface area (Å²) >= 11 is 0. The molecule has 2 N–H and O–H groups in total. The van der Waals surface area contributed by atoms with Crippen LogP contribution in [-0.4, -0.2) is 17.4 Å². The molecule has 4 heteroatoms. The highest BCUT2D eigenvalue weighted by atomic mass is 16.2. The molecule has 1 saturated carbocycles. The molecule has 0 saturated heterocycles. The van der Waals surface area contributed by atoms with Crippen LogP contribution in [0.1, 0.15) is 39.0 Å². The van der Waals surface area contributed by atoms with Gasteiger partial charge in [0.2, 0.25) is 5.91 Å². The van der Waals surface area contributed by atoms with Crippen molar-refractivity contribution >= 4 is 17.4 Å². The van der Waals surface area contributed by atoms with Crippen LogP contribution in [-0.2, 0) is 4.79 Å². The lowest BCUT2D eigenvalue weighted by atomic mass is 9.82. The van der Waals surface area contributed by atoms with Gasteiger partial charge in [-0.1, -0.05) is 19.3 Å². The van der Waals surface area contributed by atoms with Gasteiger partial charge in [0, 0.05) is 13.0 Å². The lowest BCUT2D eigenvalue weighted by Gasteiger charge is -2.26. The first-order valence-electron chi connectivity index (χ1n) is 6.72. The van der Waals surface area contributed by atoms with Crippen molar-refractivity contribution in [3.63, 3.8) is 0 Å². The Balaban J connectivity index is 1.93. The van der Waals surface area contributed by atoms with Crippen LogP contribution in [0.25, 0.3) is 0 Å². The minimum Gasteiger partial charge on any atom is -0.397 e. The van der Waals surface area contributed by atoms with E-state index in [4.69, 9.17) is 5.73 Å². The lowest BCUT2D eigenvalue weighted by Crippen LogP contribution is -2.31. The van der Waals surface area contributed by atoms with Crippen LogP contribution >= 0.6 is 0 Å². The largest absolute Gasteiger partial charge is 0.397 e. The van der Waals surface area contributed by atoms with Gasteiger partial charge in [-0.05, 0) is 31.4 Å². The van der Waals surface area contributed by atoms with E-state index in [1.54, 1.807) is 23.2 Å². The summed E-state index contributed by atoms with van der Waals surface area (Å²) in [6.07, 6.45) is 7.15. The molecule has 0 unspecified atom stereocenters. The number of nitrogen functional groups attached to an aromatic ring is 1. The molecule has 1 aliphatic rings. The number of aromatic nitrogens is 1. The molecule has 0 atom stereocenters. The average Bonchev–Trinajstić information content (AvgIpc) is 2.30. The summed E-state index contributed by atoms with van der Waals surface area (Å²) in [6.45, 7) is 2.62. The normalized spacial score (nSPS) is 15.2. The van der Waals surface area contributed by atoms with Gasteiger partial charge in [-0.25, -0.2) is 4.98 Å². The zero-order valence-electron chi connectivity index (χ0n) is 10.9. The maximum atomic E-state index is 12.2. The number of hydrogen-bond donors (Lipinski definition) is 1. The Morgan fingerprint density at radius 1 is 1.50 bits per heavy atom. The van der Waals surface area contributed by atoms with Crippen molar-refractivity contribution in [2.24, 2.45) is 5.92 Å². The molecular weight excluding hydrogens is 226 g/mol. The summed E-state index contributed by atoms with van der Waals surface area (Å²) in [7, 11) is 0. The summed E-state index contributed by atoms with van der Waals surface area (Å²) in [5.41, 5.74) is 6.22. The Bertz CT molecular complexity index is 398. The second-order valence-electron chi connectivity index (χ2n) is 4.92. The summed E-state index contributed by atoms with van der Waals surface area (Å²) < 4.78 is 0. The molecule has 4 nitrogen and oxygen atoms in total. The number of pyridine rings is 1. The maximum Gasteiger partial charge on any atom is 0.228 e. The summed E-state index contributed by atoms with van der Waals surface area (Å²) in [6, 6.07) is 3.59. The van der Waals surface area contributed by atoms with Crippen molar-refractivity contribution in [2.45, 2.75) is 39.0 Å². The summed E-state index contributed by atoms with van der Waals surface area (Å²) in [5.74, 6) is 1.64. The molecule has 0 bridgehead atoms. The SMILES string of the molecule is CCN(C(=O)CCC1CCC1)c1ccc(N)cn1. The highest BCUT2D eigenvalue weighted by Crippen LogP contribution is 2.30. The molecule has 1 fully saturated rings. The van der Waals surface area contributed by atoms with Crippen molar-refractivity contribution in [1.82, 2.24) is 4.98 Å². The van der Waals surface area contributed by atoms with E-state index in [1.165, 1.54) is 19.3 Å². The molecule has 2 rings (SSSR count). The zero-order chi connectivity index (χ0) is 13.0. The van der Waals surface area contributed by atoms with Gasteiger partial charge >= 0.3 is 0 Å². The Hall–Kier alpha value is -1.58. The molecule has 1 amide bonds. The number of carbonyl (C=O) groups is 1. The van der Waals surface area contributed by atoms with Crippen LogP contribution < -0.4 is 10.6 Å². The van der Waals surface area contributed by atoms with Crippen molar-refractivity contribution in [2.75, 3.05) is 17.2 Å². The van der Waals surface area contributed by atoms with E-state index in [9.17, 15) is 4.79 Å². The maximum absolute atomic E-state index is 12.2. The number of nitrogens with two attached hydrogens (primary N) is 1. The Kier molecular flexibility index (Phi) is 4.18. The Labute approximate surface area is 108 Å². The van der Waals surface area contributed by atoms with E-state index in [1.807, 2.05) is 6.92 Å². The van der Waals surface area contributed by atoms with Gasteiger partial charge in [0.1, 0.15) is 5.82 Å². The van der Waals surface area contributed by atoms with Crippen LogP contribution in [0.5, 0.6) is 0 Å². The quantitative estimate of drug-likeness (QED) is 0.870. The standard InChI is InChI=1S/C14H21N3O/c1-2-17(13-8-7-12(15)10-16-13)14(18)9-6-11-4-3-5-11/h7-8,10-11H,2-6,9,15H2,1H3. The fraction of sp³-hybridized carbons (Fsp3) is 0.571. The molecule has 0 aromatic carbocycles. The number of amides is 1. The van der Waals surface area contributed by atoms with E-state index < -0.39 is 0 Å². The van der Waals surface area contributed by atoms with Crippen LogP contribution in [0.2, 0.25) is 0 Å². The summed E-state index contributed by atoms with van der Waals surface area (Å²) in [5, 5.41) is 0. The molecule has 1 aromatic heterocycles. The molecule has 1 aliphatic carbocycles. The highest BCUT2D eigenvalue weighted by Gasteiger charge is 2.21.